The Labute approximate surface area is 121 Å². The van der Waals surface area contributed by atoms with E-state index in [-0.39, 0.29) is 11.2 Å². The smallest absolute Gasteiger partial charge is 0.196 e. The summed E-state index contributed by atoms with van der Waals surface area (Å²) in [6, 6.07) is 12.2. The molecule has 0 spiro atoms. The third kappa shape index (κ3) is 2.48. The number of benzene rings is 2. The van der Waals surface area contributed by atoms with Gasteiger partial charge in [-0.05, 0) is 29.8 Å². The van der Waals surface area contributed by atoms with Crippen LogP contribution in [-0.2, 0) is 6.42 Å². The van der Waals surface area contributed by atoms with Gasteiger partial charge < -0.3 is 14.3 Å². The molecule has 1 heterocycles. The van der Waals surface area contributed by atoms with Gasteiger partial charge >= 0.3 is 0 Å². The van der Waals surface area contributed by atoms with Gasteiger partial charge in [-0.1, -0.05) is 18.2 Å². The second kappa shape index (κ2) is 5.32. The van der Waals surface area contributed by atoms with Gasteiger partial charge in [-0.3, -0.25) is 4.79 Å². The number of fused-ring (bicyclic) bond motifs is 1. The van der Waals surface area contributed by atoms with Gasteiger partial charge in [0, 0.05) is 12.0 Å². The number of methoxy groups -OCH3 is 1. The summed E-state index contributed by atoms with van der Waals surface area (Å²) in [6.07, 6.45) is 1.91. The zero-order valence-electron chi connectivity index (χ0n) is 11.5. The van der Waals surface area contributed by atoms with Crippen LogP contribution < -0.4 is 10.2 Å². The zero-order chi connectivity index (χ0) is 14.8. The third-order valence-corrected chi connectivity index (χ3v) is 3.39. The number of aromatic hydroxyl groups is 1. The van der Waals surface area contributed by atoms with Crippen LogP contribution in [0.25, 0.3) is 11.0 Å². The predicted octanol–water partition coefficient (Wildman–Crippen LogP) is 3.10. The van der Waals surface area contributed by atoms with E-state index in [0.717, 1.165) is 5.56 Å². The van der Waals surface area contributed by atoms with Crippen LogP contribution in [-0.4, -0.2) is 12.2 Å². The van der Waals surface area contributed by atoms with Gasteiger partial charge in [0.25, 0.3) is 0 Å². The number of rotatable bonds is 3. The van der Waals surface area contributed by atoms with E-state index in [4.69, 9.17) is 9.15 Å². The standard InChI is InChI=1S/C17H14O4/c1-20-16-9-11(6-7-14(16)18)8-12-10-21-15-5-3-2-4-13(15)17(12)19/h2-7,9-10,18H,8H2,1H3. The van der Waals surface area contributed by atoms with Crippen molar-refractivity contribution in [2.45, 2.75) is 6.42 Å². The maximum atomic E-state index is 12.4. The molecule has 0 amide bonds. The highest BCUT2D eigenvalue weighted by Gasteiger charge is 2.09. The van der Waals surface area contributed by atoms with E-state index in [1.54, 1.807) is 30.3 Å². The van der Waals surface area contributed by atoms with Crippen LogP contribution in [0, 0.1) is 0 Å². The fourth-order valence-corrected chi connectivity index (χ4v) is 2.29. The first-order valence-electron chi connectivity index (χ1n) is 6.54. The summed E-state index contributed by atoms with van der Waals surface area (Å²) in [5.74, 6) is 0.462. The molecule has 3 rings (SSSR count). The Bertz CT molecular complexity index is 849. The number of phenolic OH excluding ortho intramolecular Hbond substituents is 1. The van der Waals surface area contributed by atoms with Crippen molar-refractivity contribution in [2.24, 2.45) is 0 Å². The highest BCUT2D eigenvalue weighted by molar-refractivity contribution is 5.76. The van der Waals surface area contributed by atoms with E-state index < -0.39 is 0 Å². The largest absolute Gasteiger partial charge is 0.504 e. The molecule has 1 N–H and O–H groups in total. The summed E-state index contributed by atoms with van der Waals surface area (Å²) >= 11 is 0. The van der Waals surface area contributed by atoms with E-state index in [2.05, 4.69) is 0 Å². The molecule has 0 saturated carbocycles. The summed E-state index contributed by atoms with van der Waals surface area (Å²) in [4.78, 5) is 12.4. The van der Waals surface area contributed by atoms with Crippen molar-refractivity contribution in [3.05, 3.63) is 70.1 Å². The van der Waals surface area contributed by atoms with Crippen LogP contribution in [0.4, 0.5) is 0 Å². The summed E-state index contributed by atoms with van der Waals surface area (Å²) in [5, 5.41) is 10.2. The Morgan fingerprint density at radius 3 is 2.81 bits per heavy atom. The van der Waals surface area contributed by atoms with Crippen LogP contribution in [0.2, 0.25) is 0 Å². The average Bonchev–Trinajstić information content (AvgIpc) is 2.52. The fourth-order valence-electron chi connectivity index (χ4n) is 2.29. The van der Waals surface area contributed by atoms with Crippen molar-refractivity contribution in [3.63, 3.8) is 0 Å². The minimum atomic E-state index is -0.0381. The van der Waals surface area contributed by atoms with E-state index in [9.17, 15) is 9.90 Å². The maximum Gasteiger partial charge on any atom is 0.196 e. The predicted molar refractivity (Wildman–Crippen MR) is 79.9 cm³/mol. The topological polar surface area (TPSA) is 59.7 Å². The number of hydrogen-bond acceptors (Lipinski definition) is 4. The normalized spacial score (nSPS) is 10.7. The summed E-state index contributed by atoms with van der Waals surface area (Å²) in [7, 11) is 1.49. The van der Waals surface area contributed by atoms with Crippen LogP contribution in [0.15, 0.2) is 57.9 Å². The Morgan fingerprint density at radius 2 is 2.00 bits per heavy atom. The highest BCUT2D eigenvalue weighted by atomic mass is 16.5. The lowest BCUT2D eigenvalue weighted by molar-refractivity contribution is 0.373. The molecule has 0 saturated heterocycles. The molecule has 0 bridgehead atoms. The zero-order valence-corrected chi connectivity index (χ0v) is 11.5. The van der Waals surface area contributed by atoms with Crippen LogP contribution in [0.3, 0.4) is 0 Å². The van der Waals surface area contributed by atoms with Gasteiger partial charge in [0.1, 0.15) is 5.58 Å². The lowest BCUT2D eigenvalue weighted by atomic mass is 10.0. The summed E-state index contributed by atoms with van der Waals surface area (Å²) in [5.41, 5.74) is 1.98. The molecule has 0 aliphatic rings. The van der Waals surface area contributed by atoms with Crippen molar-refractivity contribution >= 4 is 11.0 Å². The fraction of sp³-hybridized carbons (Fsp3) is 0.118. The van der Waals surface area contributed by atoms with Crippen molar-refractivity contribution in [2.75, 3.05) is 7.11 Å². The molecule has 0 aliphatic heterocycles. The van der Waals surface area contributed by atoms with E-state index in [1.165, 1.54) is 13.4 Å². The minimum Gasteiger partial charge on any atom is -0.504 e. The number of phenols is 1. The Morgan fingerprint density at radius 1 is 1.19 bits per heavy atom. The van der Waals surface area contributed by atoms with Crippen molar-refractivity contribution in [3.8, 4) is 11.5 Å². The minimum absolute atomic E-state index is 0.0381. The lowest BCUT2D eigenvalue weighted by Crippen LogP contribution is -2.09. The van der Waals surface area contributed by atoms with Crippen molar-refractivity contribution in [1.82, 2.24) is 0 Å². The Balaban J connectivity index is 2.02. The molecular formula is C17H14O4. The van der Waals surface area contributed by atoms with E-state index >= 15 is 0 Å². The third-order valence-electron chi connectivity index (χ3n) is 3.39. The van der Waals surface area contributed by atoms with Crippen molar-refractivity contribution in [1.29, 1.82) is 0 Å². The summed E-state index contributed by atoms with van der Waals surface area (Å²) < 4.78 is 10.6. The van der Waals surface area contributed by atoms with Gasteiger partial charge in [0.15, 0.2) is 16.9 Å². The van der Waals surface area contributed by atoms with Crippen molar-refractivity contribution < 1.29 is 14.3 Å². The number of hydrogen-bond donors (Lipinski definition) is 1. The second-order valence-corrected chi connectivity index (χ2v) is 4.77. The van der Waals surface area contributed by atoms with Gasteiger partial charge in [0.2, 0.25) is 0 Å². The monoisotopic (exact) mass is 282 g/mol. The van der Waals surface area contributed by atoms with Crippen LogP contribution in [0.1, 0.15) is 11.1 Å². The maximum absolute atomic E-state index is 12.4. The number of para-hydroxylation sites is 1. The molecular weight excluding hydrogens is 268 g/mol. The van der Waals surface area contributed by atoms with Gasteiger partial charge in [-0.25, -0.2) is 0 Å². The van der Waals surface area contributed by atoms with Gasteiger partial charge in [-0.2, -0.15) is 0 Å². The van der Waals surface area contributed by atoms with Crippen LogP contribution >= 0.6 is 0 Å². The molecule has 0 aliphatic carbocycles. The molecule has 21 heavy (non-hydrogen) atoms. The Hall–Kier alpha value is -2.75. The molecule has 3 aromatic rings. The SMILES string of the molecule is COc1cc(Cc2coc3ccccc3c2=O)ccc1O. The molecule has 4 heteroatoms. The molecule has 0 radical (unpaired) electrons. The number of ether oxygens (including phenoxy) is 1. The molecule has 0 fully saturated rings. The average molecular weight is 282 g/mol. The van der Waals surface area contributed by atoms with E-state index in [0.29, 0.717) is 28.7 Å². The first-order valence-corrected chi connectivity index (χ1v) is 6.54. The Kier molecular flexibility index (Phi) is 3.36. The van der Waals surface area contributed by atoms with E-state index in [1.807, 2.05) is 12.1 Å². The second-order valence-electron chi connectivity index (χ2n) is 4.77. The molecule has 0 atom stereocenters. The molecule has 1 aromatic heterocycles. The molecule has 106 valence electrons. The quantitative estimate of drug-likeness (QED) is 0.802. The summed E-state index contributed by atoms with van der Waals surface area (Å²) in [6.45, 7) is 0. The first kappa shape index (κ1) is 13.2. The molecule has 4 nitrogen and oxygen atoms in total. The first-order chi connectivity index (χ1) is 10.2. The molecule has 0 unspecified atom stereocenters. The lowest BCUT2D eigenvalue weighted by Gasteiger charge is -2.07. The molecule has 2 aromatic carbocycles. The van der Waals surface area contributed by atoms with Crippen LogP contribution in [0.5, 0.6) is 11.5 Å². The van der Waals surface area contributed by atoms with Gasteiger partial charge in [0.05, 0.1) is 18.8 Å². The van der Waals surface area contributed by atoms with Gasteiger partial charge in [-0.15, -0.1) is 0 Å². The highest BCUT2D eigenvalue weighted by Crippen LogP contribution is 2.27.